The Hall–Kier alpha value is -3.19. The summed E-state index contributed by atoms with van der Waals surface area (Å²) in [7, 11) is 0. The van der Waals surface area contributed by atoms with Crippen LogP contribution in [0.5, 0.6) is 0 Å². The maximum atomic E-state index is 16.3. The number of rotatable bonds is 6. The maximum absolute atomic E-state index is 16.3. The predicted octanol–water partition coefficient (Wildman–Crippen LogP) is 1.72. The van der Waals surface area contributed by atoms with Crippen LogP contribution in [0.25, 0.3) is 22.3 Å². The summed E-state index contributed by atoms with van der Waals surface area (Å²) in [5.41, 5.74) is 12.5. The molecule has 6 N–H and O–H groups in total. The zero-order chi connectivity index (χ0) is 36.9. The fourth-order valence-corrected chi connectivity index (χ4v) is 9.81. The molecule has 4 aromatic rings. The highest BCUT2D eigenvalue weighted by atomic mass is 32.7. The number of aromatic nitrogens is 8. The van der Waals surface area contributed by atoms with Gasteiger partial charge in [-0.1, -0.05) is 0 Å². The summed E-state index contributed by atoms with van der Waals surface area (Å²) in [6.07, 6.45) is -9.16. The Morgan fingerprint density at radius 2 is 1.58 bits per heavy atom. The van der Waals surface area contributed by atoms with Gasteiger partial charge in [0.1, 0.15) is 54.2 Å². The van der Waals surface area contributed by atoms with E-state index in [-0.39, 0.29) is 34.0 Å². The van der Waals surface area contributed by atoms with Gasteiger partial charge in [-0.3, -0.25) is 22.7 Å². The average Bonchev–Trinajstić information content (AvgIpc) is 3.84. The SMILES string of the molecule is CC(C)OC(=O)OCSP1(=O)OCC2OC(n3cnc4c(N)ncnc43)C(F)C2OP(O)(=S)OCC2OC(n3cnc4c(N)ncnc43)C(O1)C2O. The van der Waals surface area contributed by atoms with Crippen LogP contribution in [0.4, 0.5) is 20.8 Å². The van der Waals surface area contributed by atoms with E-state index >= 15 is 4.39 Å². The minimum atomic E-state index is -4.57. The van der Waals surface area contributed by atoms with E-state index in [1.807, 2.05) is 0 Å². The normalized spacial score (nSPS) is 34.1. The highest BCUT2D eigenvalue weighted by Crippen LogP contribution is 2.64. The number of alkyl halides is 1. The third-order valence-corrected chi connectivity index (χ3v) is 12.8. The number of carbonyl (C=O) groups is 1. The predicted molar refractivity (Wildman–Crippen MR) is 179 cm³/mol. The molecular weight excluding hydrogens is 777 g/mol. The highest BCUT2D eigenvalue weighted by molar-refractivity contribution is 8.55. The first-order chi connectivity index (χ1) is 24.7. The third-order valence-electron chi connectivity index (χ3n) is 7.93. The zero-order valence-electron chi connectivity index (χ0n) is 26.9. The minimum Gasteiger partial charge on any atom is -0.432 e. The first-order valence-corrected chi connectivity index (χ1v) is 21.0. The average molecular weight is 809 g/mol. The van der Waals surface area contributed by atoms with Crippen LogP contribution in [0, 0.1) is 0 Å². The van der Waals surface area contributed by atoms with Gasteiger partial charge in [0.05, 0.1) is 32.0 Å². The van der Waals surface area contributed by atoms with E-state index in [1.165, 1.54) is 28.1 Å². The zero-order valence-corrected chi connectivity index (χ0v) is 30.3. The number of nitrogen functional groups attached to an aromatic ring is 2. The first-order valence-electron chi connectivity index (χ1n) is 15.3. The van der Waals surface area contributed by atoms with E-state index in [4.69, 9.17) is 60.3 Å². The summed E-state index contributed by atoms with van der Waals surface area (Å²) < 4.78 is 78.6. The van der Waals surface area contributed by atoms with Crippen molar-refractivity contribution in [1.29, 1.82) is 0 Å². The van der Waals surface area contributed by atoms with E-state index in [2.05, 4.69) is 29.9 Å². The molecule has 10 unspecified atom stereocenters. The molecule has 3 fully saturated rings. The number of carbonyl (C=O) groups excluding carboxylic acids is 1. The van der Waals surface area contributed by atoms with Gasteiger partial charge in [-0.15, -0.1) is 0 Å². The van der Waals surface area contributed by atoms with Crippen molar-refractivity contribution in [3.63, 3.8) is 0 Å². The number of anilines is 2. The van der Waals surface area contributed by atoms with Crippen molar-refractivity contribution < 1.29 is 60.8 Å². The molecule has 3 aliphatic rings. The van der Waals surface area contributed by atoms with Crippen molar-refractivity contribution in [3.8, 4) is 0 Å². The Bertz CT molecular complexity index is 2060. The summed E-state index contributed by atoms with van der Waals surface area (Å²) in [5, 5.41) is 11.5. The fourth-order valence-electron chi connectivity index (χ4n) is 5.61. The number of nitrogens with zero attached hydrogens (tertiary/aromatic N) is 8. The second-order valence-corrected chi connectivity index (χ2v) is 18.5. The quantitative estimate of drug-likeness (QED) is 0.122. The van der Waals surface area contributed by atoms with Gasteiger partial charge in [-0.25, -0.2) is 43.7 Å². The largest absolute Gasteiger partial charge is 0.509 e. The number of hydrogen-bond donors (Lipinski definition) is 4. The third kappa shape index (κ3) is 7.32. The van der Waals surface area contributed by atoms with Crippen LogP contribution in [-0.2, 0) is 53.4 Å². The van der Waals surface area contributed by atoms with Crippen LogP contribution in [0.3, 0.4) is 0 Å². The van der Waals surface area contributed by atoms with Crippen LogP contribution in [-0.4, -0.2) is 117 Å². The summed E-state index contributed by atoms with van der Waals surface area (Å²) >= 11 is 5.65. The van der Waals surface area contributed by atoms with Crippen LogP contribution < -0.4 is 11.5 Å². The lowest BCUT2D eigenvalue weighted by Gasteiger charge is -2.28. The molecule has 27 heteroatoms. The van der Waals surface area contributed by atoms with Crippen molar-refractivity contribution in [3.05, 3.63) is 25.3 Å². The van der Waals surface area contributed by atoms with Crippen molar-refractivity contribution in [2.45, 2.75) is 69.1 Å². The fraction of sp³-hybridized carbons (Fsp3) is 0.560. The number of halogens is 1. The molecule has 2 bridgehead atoms. The van der Waals surface area contributed by atoms with Crippen molar-refractivity contribution >= 4 is 76.8 Å². The molecule has 0 saturated carbocycles. The molecule has 0 aliphatic carbocycles. The van der Waals surface area contributed by atoms with Gasteiger partial charge in [0.25, 0.3) is 0 Å². The standard InChI is InChI=1S/C25H31FN10O12P2S2/c1-10(2)44-25(38)41-9-52-50(40)43-4-12-17(13(26)23(46-12)35-7-33-14-19(27)29-5-31-21(14)35)47-49(39,51)42-3-11-16(37)18(48-50)24(45-11)36-8-34-15-20(28)30-6-32-22(15)36/h5-8,10-13,16-18,23-24,37H,3-4,9H2,1-2H3,(H,39,51)(H2,27,29,31)(H2,28,30,32). The second kappa shape index (κ2) is 14.6. The van der Waals surface area contributed by atoms with Gasteiger partial charge in [0.15, 0.2) is 47.5 Å². The molecule has 3 saturated heterocycles. The molecule has 3 aliphatic heterocycles. The molecule has 22 nitrogen and oxygen atoms in total. The van der Waals surface area contributed by atoms with E-state index in [9.17, 15) is 19.4 Å². The van der Waals surface area contributed by atoms with E-state index in [0.717, 1.165) is 6.33 Å². The second-order valence-electron chi connectivity index (χ2n) is 11.7. The number of ether oxygens (including phenoxy) is 4. The Morgan fingerprint density at radius 3 is 2.21 bits per heavy atom. The van der Waals surface area contributed by atoms with Crippen LogP contribution in [0.1, 0.15) is 26.3 Å². The molecule has 0 spiro atoms. The van der Waals surface area contributed by atoms with E-state index in [1.54, 1.807) is 13.8 Å². The number of imidazole rings is 2. The van der Waals surface area contributed by atoms with Gasteiger partial charge in [-0.2, -0.15) is 0 Å². The number of fused-ring (bicyclic) bond motifs is 5. The molecule has 282 valence electrons. The minimum absolute atomic E-state index is 0.0325. The number of nitrogens with two attached hydrogens (primary N) is 2. The molecular formula is C25H31FN10O12P2S2. The van der Waals surface area contributed by atoms with Crippen LogP contribution >= 0.6 is 24.9 Å². The topological polar surface area (TPSA) is 288 Å². The lowest BCUT2D eigenvalue weighted by Crippen LogP contribution is -2.35. The van der Waals surface area contributed by atoms with Gasteiger partial charge >= 0.3 is 19.7 Å². The summed E-state index contributed by atoms with van der Waals surface area (Å²) in [5.74, 6) is -0.531. The molecule has 0 amide bonds. The van der Waals surface area contributed by atoms with Crippen LogP contribution in [0.15, 0.2) is 25.3 Å². The molecule has 0 aromatic carbocycles. The number of aliphatic hydroxyl groups is 1. The molecule has 4 aromatic heterocycles. The highest BCUT2D eigenvalue weighted by Gasteiger charge is 2.54. The lowest BCUT2D eigenvalue weighted by atomic mass is 10.1. The van der Waals surface area contributed by atoms with Crippen LogP contribution in [0.2, 0.25) is 0 Å². The Kier molecular flexibility index (Phi) is 10.4. The van der Waals surface area contributed by atoms with Gasteiger partial charge < -0.3 is 44.9 Å². The van der Waals surface area contributed by atoms with Crippen molar-refractivity contribution in [2.75, 3.05) is 30.6 Å². The first kappa shape index (κ1) is 37.1. The van der Waals surface area contributed by atoms with E-state index in [0.29, 0.717) is 11.4 Å². The monoisotopic (exact) mass is 808 g/mol. The van der Waals surface area contributed by atoms with Crippen molar-refractivity contribution in [1.82, 2.24) is 39.0 Å². The summed E-state index contributed by atoms with van der Waals surface area (Å²) in [6.45, 7) is -7.00. The smallest absolute Gasteiger partial charge is 0.432 e. The molecule has 0 radical (unpaired) electrons. The number of hydrogen-bond acceptors (Lipinski definition) is 21. The maximum Gasteiger partial charge on any atom is 0.509 e. The Morgan fingerprint density at radius 1 is 0.981 bits per heavy atom. The molecule has 10 atom stereocenters. The van der Waals surface area contributed by atoms with Gasteiger partial charge in [0.2, 0.25) is 0 Å². The van der Waals surface area contributed by atoms with E-state index < -0.39 is 94.1 Å². The lowest BCUT2D eigenvalue weighted by molar-refractivity contribution is -0.0585. The van der Waals surface area contributed by atoms with Gasteiger partial charge in [0, 0.05) is 11.4 Å². The summed E-state index contributed by atoms with van der Waals surface area (Å²) in [4.78, 5) is 47.7. The Labute approximate surface area is 301 Å². The van der Waals surface area contributed by atoms with Crippen molar-refractivity contribution in [2.24, 2.45) is 0 Å². The Balaban J connectivity index is 1.22. The number of aliphatic hydroxyl groups excluding tert-OH is 1. The summed E-state index contributed by atoms with van der Waals surface area (Å²) in [6, 6.07) is 0. The molecule has 7 heterocycles. The van der Waals surface area contributed by atoms with Gasteiger partial charge in [-0.05, 0) is 25.7 Å². The molecule has 52 heavy (non-hydrogen) atoms. The molecule has 7 rings (SSSR count).